The van der Waals surface area contributed by atoms with E-state index in [9.17, 15) is 4.39 Å². The predicted molar refractivity (Wildman–Crippen MR) is 90.4 cm³/mol. The van der Waals surface area contributed by atoms with E-state index in [2.05, 4.69) is 34.2 Å². The molecule has 1 nitrogen and oxygen atoms in total. The van der Waals surface area contributed by atoms with Crippen LogP contribution in [0.15, 0.2) is 46.9 Å². The normalized spacial score (nSPS) is 12.4. The lowest BCUT2D eigenvalue weighted by atomic mass is 9.99. The Balaban J connectivity index is 2.14. The number of likely N-dealkylation sites (N-methyl/N-ethyl adjacent to an activating group) is 1. The second kappa shape index (κ2) is 7.92. The Morgan fingerprint density at radius 2 is 1.86 bits per heavy atom. The fourth-order valence-electron chi connectivity index (χ4n) is 2.39. The number of hydrogen-bond acceptors (Lipinski definition) is 1. The average Bonchev–Trinajstić information content (AvgIpc) is 2.44. The first-order valence-corrected chi connectivity index (χ1v) is 8.18. The number of rotatable bonds is 6. The highest BCUT2D eigenvalue weighted by Crippen LogP contribution is 2.22. The summed E-state index contributed by atoms with van der Waals surface area (Å²) in [6.45, 7) is 2.97. The highest BCUT2D eigenvalue weighted by molar-refractivity contribution is 9.10. The minimum atomic E-state index is -0.297. The molecule has 2 aromatic rings. The van der Waals surface area contributed by atoms with Gasteiger partial charge in [-0.1, -0.05) is 58.7 Å². The third-order valence-electron chi connectivity index (χ3n) is 3.40. The predicted octanol–water partition coefficient (Wildman–Crippen LogP) is 5.00. The van der Waals surface area contributed by atoms with Crippen molar-refractivity contribution in [2.75, 3.05) is 6.54 Å². The lowest BCUT2D eigenvalue weighted by Crippen LogP contribution is -2.33. The Kier molecular flexibility index (Phi) is 6.22. The van der Waals surface area contributed by atoms with Crippen LogP contribution in [0, 0.1) is 5.82 Å². The summed E-state index contributed by atoms with van der Waals surface area (Å²) in [7, 11) is 0. The van der Waals surface area contributed by atoms with Crippen LogP contribution < -0.4 is 5.32 Å². The first-order valence-electron chi connectivity index (χ1n) is 7.01. The Morgan fingerprint density at radius 1 is 1.14 bits per heavy atom. The maximum Gasteiger partial charge on any atom is 0.124 e. The lowest BCUT2D eigenvalue weighted by molar-refractivity contribution is 0.520. The van der Waals surface area contributed by atoms with Gasteiger partial charge in [0.15, 0.2) is 0 Å². The van der Waals surface area contributed by atoms with Crippen LogP contribution in [-0.2, 0) is 12.8 Å². The molecule has 0 aliphatic rings. The summed E-state index contributed by atoms with van der Waals surface area (Å²) in [5.74, 6) is -0.297. The summed E-state index contributed by atoms with van der Waals surface area (Å²) in [6.07, 6.45) is 1.66. The van der Waals surface area contributed by atoms with E-state index < -0.39 is 0 Å². The van der Waals surface area contributed by atoms with Crippen LogP contribution in [0.5, 0.6) is 0 Å². The zero-order valence-corrected chi connectivity index (χ0v) is 14.2. The van der Waals surface area contributed by atoms with Gasteiger partial charge in [-0.15, -0.1) is 0 Å². The molecule has 0 heterocycles. The van der Waals surface area contributed by atoms with Crippen molar-refractivity contribution in [3.8, 4) is 0 Å². The van der Waals surface area contributed by atoms with E-state index in [1.165, 1.54) is 17.7 Å². The molecule has 112 valence electrons. The molecule has 0 aliphatic carbocycles. The molecule has 0 fully saturated rings. The summed E-state index contributed by atoms with van der Waals surface area (Å²) in [6, 6.07) is 13.1. The monoisotopic (exact) mass is 369 g/mol. The molecule has 21 heavy (non-hydrogen) atoms. The molecule has 0 aliphatic heterocycles. The minimum Gasteiger partial charge on any atom is -0.314 e. The first-order chi connectivity index (χ1) is 10.1. The zero-order chi connectivity index (χ0) is 15.2. The summed E-state index contributed by atoms with van der Waals surface area (Å²) in [5, 5.41) is 3.97. The first kappa shape index (κ1) is 16.5. The van der Waals surface area contributed by atoms with Crippen molar-refractivity contribution in [1.82, 2.24) is 5.32 Å². The van der Waals surface area contributed by atoms with Gasteiger partial charge in [-0.25, -0.2) is 4.39 Å². The van der Waals surface area contributed by atoms with Crippen LogP contribution in [0.1, 0.15) is 18.1 Å². The van der Waals surface area contributed by atoms with E-state index in [1.807, 2.05) is 18.2 Å². The molecule has 2 aromatic carbocycles. The molecule has 0 radical (unpaired) electrons. The van der Waals surface area contributed by atoms with Crippen molar-refractivity contribution in [2.24, 2.45) is 0 Å². The van der Waals surface area contributed by atoms with Gasteiger partial charge in [-0.3, -0.25) is 0 Å². The van der Waals surface area contributed by atoms with E-state index in [0.29, 0.717) is 5.02 Å². The quantitative estimate of drug-likeness (QED) is 0.754. The van der Waals surface area contributed by atoms with Gasteiger partial charge < -0.3 is 5.32 Å². The maximum atomic E-state index is 13.1. The van der Waals surface area contributed by atoms with Gasteiger partial charge in [0.05, 0.1) is 0 Å². The van der Waals surface area contributed by atoms with Gasteiger partial charge in [0.25, 0.3) is 0 Å². The molecule has 1 unspecified atom stereocenters. The van der Waals surface area contributed by atoms with Crippen molar-refractivity contribution in [2.45, 2.75) is 25.8 Å². The van der Waals surface area contributed by atoms with Crippen molar-refractivity contribution in [3.05, 3.63) is 68.9 Å². The molecule has 1 atom stereocenters. The molecule has 4 heteroatoms. The van der Waals surface area contributed by atoms with Crippen molar-refractivity contribution in [1.29, 1.82) is 0 Å². The van der Waals surface area contributed by atoms with Gasteiger partial charge in [0, 0.05) is 15.5 Å². The molecule has 2 rings (SSSR count). The molecule has 0 spiro atoms. The van der Waals surface area contributed by atoms with E-state index in [0.717, 1.165) is 29.4 Å². The number of nitrogens with one attached hydrogen (secondary N) is 1. The van der Waals surface area contributed by atoms with Crippen molar-refractivity contribution >= 4 is 27.5 Å². The molecular formula is C17H18BrClFN. The summed E-state index contributed by atoms with van der Waals surface area (Å²) in [4.78, 5) is 0. The molecule has 0 aromatic heterocycles. The fourth-order valence-corrected chi connectivity index (χ4v) is 3.08. The Hall–Kier alpha value is -0.900. The topological polar surface area (TPSA) is 12.0 Å². The number of benzene rings is 2. The third kappa shape index (κ3) is 4.80. The van der Waals surface area contributed by atoms with Crippen LogP contribution in [0.25, 0.3) is 0 Å². The summed E-state index contributed by atoms with van der Waals surface area (Å²) >= 11 is 9.71. The van der Waals surface area contributed by atoms with E-state index >= 15 is 0 Å². The molecule has 0 bridgehead atoms. The van der Waals surface area contributed by atoms with Gasteiger partial charge in [-0.05, 0) is 48.7 Å². The molecule has 0 saturated carbocycles. The second-order valence-electron chi connectivity index (χ2n) is 4.99. The Morgan fingerprint density at radius 3 is 2.52 bits per heavy atom. The van der Waals surface area contributed by atoms with E-state index in [1.54, 1.807) is 6.07 Å². The summed E-state index contributed by atoms with van der Waals surface area (Å²) in [5.41, 5.74) is 2.22. The third-order valence-corrected chi connectivity index (χ3v) is 4.52. The molecule has 1 N–H and O–H groups in total. The fraction of sp³-hybridized carbons (Fsp3) is 0.294. The SMILES string of the molecule is CCNC(Cc1ccc(F)cc1Cl)Cc1ccccc1Br. The molecule has 0 saturated heterocycles. The minimum absolute atomic E-state index is 0.261. The summed E-state index contributed by atoms with van der Waals surface area (Å²) < 4.78 is 14.2. The van der Waals surface area contributed by atoms with Crippen molar-refractivity contribution in [3.63, 3.8) is 0 Å². The van der Waals surface area contributed by atoms with Crippen LogP contribution in [-0.4, -0.2) is 12.6 Å². The Labute approximate surface area is 138 Å². The van der Waals surface area contributed by atoms with E-state index in [-0.39, 0.29) is 11.9 Å². The second-order valence-corrected chi connectivity index (χ2v) is 6.25. The van der Waals surface area contributed by atoms with Crippen LogP contribution in [0.3, 0.4) is 0 Å². The van der Waals surface area contributed by atoms with Gasteiger partial charge in [-0.2, -0.15) is 0 Å². The standard InChI is InChI=1S/C17H18BrClFN/c1-2-21-15(9-12-5-3-4-6-16(12)18)10-13-7-8-14(20)11-17(13)19/h3-8,11,15,21H,2,9-10H2,1H3. The maximum absolute atomic E-state index is 13.1. The molecule has 0 amide bonds. The smallest absolute Gasteiger partial charge is 0.124 e. The largest absolute Gasteiger partial charge is 0.314 e. The van der Waals surface area contributed by atoms with Crippen molar-refractivity contribution < 1.29 is 4.39 Å². The average molecular weight is 371 g/mol. The van der Waals surface area contributed by atoms with Crippen LogP contribution in [0.4, 0.5) is 4.39 Å². The van der Waals surface area contributed by atoms with E-state index in [4.69, 9.17) is 11.6 Å². The zero-order valence-electron chi connectivity index (χ0n) is 11.9. The Bertz CT molecular complexity index is 603. The van der Waals surface area contributed by atoms with Gasteiger partial charge in [0.1, 0.15) is 5.82 Å². The highest BCUT2D eigenvalue weighted by Gasteiger charge is 2.13. The lowest BCUT2D eigenvalue weighted by Gasteiger charge is -2.19. The van der Waals surface area contributed by atoms with Crippen LogP contribution in [0.2, 0.25) is 5.02 Å². The van der Waals surface area contributed by atoms with Crippen LogP contribution >= 0.6 is 27.5 Å². The van der Waals surface area contributed by atoms with Gasteiger partial charge >= 0.3 is 0 Å². The number of hydrogen-bond donors (Lipinski definition) is 1. The van der Waals surface area contributed by atoms with Gasteiger partial charge in [0.2, 0.25) is 0 Å². The number of halogens is 3. The molecular weight excluding hydrogens is 353 g/mol. The highest BCUT2D eigenvalue weighted by atomic mass is 79.9.